The monoisotopic (exact) mass is 378 g/mol. The first-order valence-electron chi connectivity index (χ1n) is 7.41. The van der Waals surface area contributed by atoms with Gasteiger partial charge < -0.3 is 10.2 Å². The molecule has 1 fully saturated rings. The van der Waals surface area contributed by atoms with Crippen molar-refractivity contribution in [3.8, 4) is 0 Å². The molecule has 1 aromatic carbocycles. The maximum Gasteiger partial charge on any atom is 0.416 e. The number of alkyl halides is 3. The van der Waals surface area contributed by atoms with Gasteiger partial charge in [-0.3, -0.25) is 9.59 Å². The van der Waals surface area contributed by atoms with Gasteiger partial charge in [0.05, 0.1) is 17.1 Å². The number of carbonyl (C=O) groups is 2. The maximum atomic E-state index is 12.6. The molecule has 2 amide bonds. The van der Waals surface area contributed by atoms with Crippen LogP contribution in [0.15, 0.2) is 24.3 Å². The number of benzene rings is 1. The topological polar surface area (TPSA) is 83.6 Å². The molecule has 0 bridgehead atoms. The number of nitrogens with one attached hydrogen (secondary N) is 1. The molecule has 1 aliphatic rings. The summed E-state index contributed by atoms with van der Waals surface area (Å²) in [7, 11) is -1.76. The summed E-state index contributed by atoms with van der Waals surface area (Å²) in [6.45, 7) is 0. The lowest BCUT2D eigenvalue weighted by atomic mass is 10.2. The third kappa shape index (κ3) is 5.18. The number of carbonyl (C=O) groups excluding carboxylic acids is 2. The van der Waals surface area contributed by atoms with Gasteiger partial charge in [-0.25, -0.2) is 8.42 Å². The van der Waals surface area contributed by atoms with E-state index >= 15 is 0 Å². The van der Waals surface area contributed by atoms with Crippen LogP contribution >= 0.6 is 0 Å². The number of hydrogen-bond donors (Lipinski definition) is 1. The SMILES string of the molecule is CN(C(=O)CC(=O)Nc1cccc(C(F)(F)F)c1)C1CCS(=O)(=O)C1. The van der Waals surface area contributed by atoms with Crippen molar-refractivity contribution in [3.05, 3.63) is 29.8 Å². The summed E-state index contributed by atoms with van der Waals surface area (Å²) < 4.78 is 60.8. The van der Waals surface area contributed by atoms with E-state index in [0.29, 0.717) is 6.42 Å². The molecular formula is C15H17F3N2O4S. The molecule has 1 unspecified atom stereocenters. The third-order valence-corrected chi connectivity index (χ3v) is 5.69. The fourth-order valence-corrected chi connectivity index (χ4v) is 4.30. The van der Waals surface area contributed by atoms with Crippen LogP contribution in [0.4, 0.5) is 18.9 Å². The molecule has 1 aromatic rings. The molecule has 0 saturated carbocycles. The fourth-order valence-electron chi connectivity index (χ4n) is 2.52. The van der Waals surface area contributed by atoms with Crippen LogP contribution in [0.3, 0.4) is 0 Å². The molecule has 1 atom stereocenters. The van der Waals surface area contributed by atoms with E-state index in [9.17, 15) is 31.2 Å². The van der Waals surface area contributed by atoms with Crippen LogP contribution in [0.25, 0.3) is 0 Å². The Bertz CT molecular complexity index is 777. The second kappa shape index (κ2) is 7.03. The Balaban J connectivity index is 1.95. The Labute approximate surface area is 142 Å². The normalized spacial score (nSPS) is 19.4. The average molecular weight is 378 g/mol. The minimum absolute atomic E-state index is 0.00822. The van der Waals surface area contributed by atoms with Gasteiger partial charge in [-0.1, -0.05) is 6.07 Å². The fraction of sp³-hybridized carbons (Fsp3) is 0.467. The first-order valence-corrected chi connectivity index (χ1v) is 9.23. The van der Waals surface area contributed by atoms with Crippen LogP contribution in [0, 0.1) is 0 Å². The van der Waals surface area contributed by atoms with E-state index in [0.717, 1.165) is 18.2 Å². The highest BCUT2D eigenvalue weighted by Gasteiger charge is 2.33. The lowest BCUT2D eigenvalue weighted by Gasteiger charge is -2.23. The van der Waals surface area contributed by atoms with Crippen LogP contribution < -0.4 is 5.32 Å². The largest absolute Gasteiger partial charge is 0.416 e. The number of rotatable bonds is 4. The predicted octanol–water partition coefficient (Wildman–Crippen LogP) is 1.68. The summed E-state index contributed by atoms with van der Waals surface area (Å²) in [4.78, 5) is 25.1. The molecule has 0 aromatic heterocycles. The average Bonchev–Trinajstić information content (AvgIpc) is 2.85. The molecule has 0 aliphatic carbocycles. The molecule has 1 saturated heterocycles. The number of halogens is 3. The standard InChI is InChI=1S/C15H17F3N2O4S/c1-20(12-5-6-25(23,24)9-12)14(22)8-13(21)19-11-4-2-3-10(7-11)15(16,17)18/h2-4,7,12H,5-6,8-9H2,1H3,(H,19,21). The zero-order valence-corrected chi connectivity index (χ0v) is 14.2. The van der Waals surface area contributed by atoms with Gasteiger partial charge in [0, 0.05) is 18.8 Å². The van der Waals surface area contributed by atoms with Gasteiger partial charge in [0.2, 0.25) is 11.8 Å². The Hall–Kier alpha value is -2.10. The number of amides is 2. The third-order valence-electron chi connectivity index (χ3n) is 3.93. The van der Waals surface area contributed by atoms with Gasteiger partial charge in [-0.2, -0.15) is 13.2 Å². The highest BCUT2D eigenvalue weighted by molar-refractivity contribution is 7.91. The summed E-state index contributed by atoms with van der Waals surface area (Å²) in [5.74, 6) is -1.51. The zero-order valence-electron chi connectivity index (χ0n) is 13.3. The van der Waals surface area contributed by atoms with Crippen LogP contribution in [-0.2, 0) is 25.6 Å². The molecule has 0 radical (unpaired) electrons. The van der Waals surface area contributed by atoms with Crippen molar-refractivity contribution in [3.63, 3.8) is 0 Å². The molecule has 6 nitrogen and oxygen atoms in total. The minimum atomic E-state index is -4.54. The van der Waals surface area contributed by atoms with Gasteiger partial charge in [0.25, 0.3) is 0 Å². The van der Waals surface area contributed by atoms with Crippen molar-refractivity contribution in [2.75, 3.05) is 23.9 Å². The van der Waals surface area contributed by atoms with Crippen molar-refractivity contribution in [1.29, 1.82) is 0 Å². The Kier molecular flexibility index (Phi) is 5.40. The maximum absolute atomic E-state index is 12.6. The Morgan fingerprint density at radius 3 is 2.56 bits per heavy atom. The predicted molar refractivity (Wildman–Crippen MR) is 84.5 cm³/mol. The number of nitrogens with zero attached hydrogens (tertiary/aromatic N) is 1. The van der Waals surface area contributed by atoms with Crippen LogP contribution in [-0.4, -0.2) is 49.7 Å². The molecule has 1 aliphatic heterocycles. The van der Waals surface area contributed by atoms with E-state index in [4.69, 9.17) is 0 Å². The summed E-state index contributed by atoms with van der Waals surface area (Å²) in [5, 5.41) is 2.24. The smallest absolute Gasteiger partial charge is 0.341 e. The summed E-state index contributed by atoms with van der Waals surface area (Å²) in [6, 6.07) is 3.59. The molecule has 2 rings (SSSR count). The lowest BCUT2D eigenvalue weighted by molar-refractivity contribution is -0.138. The van der Waals surface area contributed by atoms with Crippen molar-refractivity contribution < 1.29 is 31.2 Å². The van der Waals surface area contributed by atoms with E-state index < -0.39 is 45.9 Å². The molecule has 10 heteroatoms. The highest BCUT2D eigenvalue weighted by Crippen LogP contribution is 2.30. The number of sulfone groups is 1. The van der Waals surface area contributed by atoms with Gasteiger partial charge in [0.15, 0.2) is 9.84 Å². The Morgan fingerprint density at radius 2 is 2.00 bits per heavy atom. The first-order chi connectivity index (χ1) is 11.5. The van der Waals surface area contributed by atoms with Crippen molar-refractivity contribution in [1.82, 2.24) is 4.90 Å². The van der Waals surface area contributed by atoms with E-state index in [1.54, 1.807) is 0 Å². The van der Waals surface area contributed by atoms with Crippen molar-refractivity contribution >= 4 is 27.3 Å². The molecule has 1 N–H and O–H groups in total. The van der Waals surface area contributed by atoms with Gasteiger partial charge in [0.1, 0.15) is 6.42 Å². The number of hydrogen-bond acceptors (Lipinski definition) is 4. The van der Waals surface area contributed by atoms with Crippen LogP contribution in [0.2, 0.25) is 0 Å². The first kappa shape index (κ1) is 19.2. The summed E-state index contributed by atoms with van der Waals surface area (Å²) in [6.07, 6.45) is -4.81. The van der Waals surface area contributed by atoms with Gasteiger partial charge in [-0.05, 0) is 24.6 Å². The summed E-state index contributed by atoms with van der Waals surface area (Å²) in [5.41, 5.74) is -0.983. The van der Waals surface area contributed by atoms with Gasteiger partial charge >= 0.3 is 6.18 Å². The second-order valence-corrected chi connectivity index (χ2v) is 8.09. The van der Waals surface area contributed by atoms with E-state index in [1.807, 2.05) is 0 Å². The van der Waals surface area contributed by atoms with Crippen LogP contribution in [0.5, 0.6) is 0 Å². The highest BCUT2D eigenvalue weighted by atomic mass is 32.2. The van der Waals surface area contributed by atoms with Crippen molar-refractivity contribution in [2.24, 2.45) is 0 Å². The van der Waals surface area contributed by atoms with Crippen LogP contribution in [0.1, 0.15) is 18.4 Å². The molecule has 138 valence electrons. The lowest BCUT2D eigenvalue weighted by Crippen LogP contribution is -2.39. The molecule has 25 heavy (non-hydrogen) atoms. The van der Waals surface area contributed by atoms with E-state index in [1.165, 1.54) is 18.0 Å². The molecule has 0 spiro atoms. The summed E-state index contributed by atoms with van der Waals surface area (Å²) >= 11 is 0. The van der Waals surface area contributed by atoms with Crippen molar-refractivity contribution in [2.45, 2.75) is 25.1 Å². The Morgan fingerprint density at radius 1 is 1.32 bits per heavy atom. The molecule has 1 heterocycles. The number of anilines is 1. The molecular weight excluding hydrogens is 361 g/mol. The van der Waals surface area contributed by atoms with E-state index in [2.05, 4.69) is 5.32 Å². The second-order valence-electron chi connectivity index (χ2n) is 5.87. The quantitative estimate of drug-likeness (QED) is 0.808. The van der Waals surface area contributed by atoms with E-state index in [-0.39, 0.29) is 17.2 Å². The zero-order chi connectivity index (χ0) is 18.8. The van der Waals surface area contributed by atoms with Gasteiger partial charge in [-0.15, -0.1) is 0 Å². The minimum Gasteiger partial charge on any atom is -0.341 e.